The molecule has 1 saturated heterocycles. The number of anilines is 1. The lowest BCUT2D eigenvalue weighted by Crippen LogP contribution is -2.40. The van der Waals surface area contributed by atoms with Crippen molar-refractivity contribution in [3.05, 3.63) is 18.1 Å². The second kappa shape index (κ2) is 5.91. The van der Waals surface area contributed by atoms with Crippen molar-refractivity contribution in [1.82, 2.24) is 14.9 Å². The number of rotatable bonds is 3. The van der Waals surface area contributed by atoms with Crippen LogP contribution in [0.3, 0.4) is 0 Å². The van der Waals surface area contributed by atoms with Gasteiger partial charge < -0.3 is 9.80 Å². The smallest absolute Gasteiger partial charge is 0.280 e. The van der Waals surface area contributed by atoms with Crippen molar-refractivity contribution < 1.29 is 8.78 Å². The highest BCUT2D eigenvalue weighted by molar-refractivity contribution is 5.86. The Balaban J connectivity index is 1.64. The fourth-order valence-corrected chi connectivity index (χ4v) is 3.01. The number of piperidine rings is 1. The summed E-state index contributed by atoms with van der Waals surface area (Å²) in [6.07, 6.45) is 0.636. The van der Waals surface area contributed by atoms with Crippen LogP contribution in [-0.4, -0.2) is 53.9 Å². The summed E-state index contributed by atoms with van der Waals surface area (Å²) in [7, 11) is 2.08. The Hall–Kier alpha value is -1.79. The average Bonchev–Trinajstić information content (AvgIpc) is 2.94. The molecule has 2 aliphatic heterocycles. The fraction of sp³-hybridized carbons (Fsp3) is 0.643. The molecule has 5 nitrogen and oxygen atoms in total. The van der Waals surface area contributed by atoms with Crippen LogP contribution in [0.5, 0.6) is 0 Å². The van der Waals surface area contributed by atoms with E-state index in [2.05, 4.69) is 31.8 Å². The Morgan fingerprint density at radius 3 is 2.57 bits per heavy atom. The van der Waals surface area contributed by atoms with Crippen LogP contribution >= 0.6 is 0 Å². The molecule has 0 bridgehead atoms. The number of aromatic nitrogens is 2. The quantitative estimate of drug-likeness (QED) is 0.855. The van der Waals surface area contributed by atoms with Crippen molar-refractivity contribution in [2.75, 3.05) is 38.1 Å². The molecule has 0 atom stereocenters. The molecule has 0 radical (unpaired) electrons. The van der Waals surface area contributed by atoms with Crippen LogP contribution in [0.4, 0.5) is 14.6 Å². The second-order valence-corrected chi connectivity index (χ2v) is 5.52. The molecule has 0 N–H and O–H groups in total. The molecule has 0 spiro atoms. The SMILES string of the molecule is CN1CCN=C1C1CCN(c2cc(C(F)F)ncn2)CC1. The van der Waals surface area contributed by atoms with Crippen molar-refractivity contribution in [3.63, 3.8) is 0 Å². The Bertz CT molecular complexity index is 526. The van der Waals surface area contributed by atoms with Crippen molar-refractivity contribution >= 4 is 11.7 Å². The predicted molar refractivity (Wildman–Crippen MR) is 76.9 cm³/mol. The molecule has 1 aromatic heterocycles. The number of alkyl halides is 2. The Labute approximate surface area is 122 Å². The van der Waals surface area contributed by atoms with Crippen molar-refractivity contribution in [2.24, 2.45) is 10.9 Å². The highest BCUT2D eigenvalue weighted by atomic mass is 19.3. The molecule has 7 heteroatoms. The lowest BCUT2D eigenvalue weighted by atomic mass is 9.95. The summed E-state index contributed by atoms with van der Waals surface area (Å²) >= 11 is 0. The van der Waals surface area contributed by atoms with Gasteiger partial charge in [-0.1, -0.05) is 0 Å². The van der Waals surface area contributed by atoms with E-state index < -0.39 is 6.43 Å². The Morgan fingerprint density at radius 1 is 1.19 bits per heavy atom. The van der Waals surface area contributed by atoms with Gasteiger partial charge in [-0.3, -0.25) is 4.99 Å². The third-order valence-corrected chi connectivity index (χ3v) is 4.18. The number of likely N-dealkylation sites (N-methyl/N-ethyl adjacent to an activating group) is 1. The van der Waals surface area contributed by atoms with E-state index in [1.54, 1.807) is 0 Å². The highest BCUT2D eigenvalue weighted by Crippen LogP contribution is 2.26. The third-order valence-electron chi connectivity index (χ3n) is 4.18. The molecule has 1 fully saturated rings. The summed E-state index contributed by atoms with van der Waals surface area (Å²) < 4.78 is 25.4. The van der Waals surface area contributed by atoms with Gasteiger partial charge in [0.05, 0.1) is 6.54 Å². The maximum Gasteiger partial charge on any atom is 0.280 e. The van der Waals surface area contributed by atoms with E-state index in [1.807, 2.05) is 0 Å². The molecular weight excluding hydrogens is 276 g/mol. The van der Waals surface area contributed by atoms with E-state index in [0.717, 1.165) is 39.0 Å². The minimum absolute atomic E-state index is 0.206. The molecule has 21 heavy (non-hydrogen) atoms. The predicted octanol–water partition coefficient (Wildman–Crippen LogP) is 1.97. The highest BCUT2D eigenvalue weighted by Gasteiger charge is 2.28. The number of hydrogen-bond acceptors (Lipinski definition) is 5. The molecular formula is C14H19F2N5. The first-order chi connectivity index (χ1) is 10.1. The van der Waals surface area contributed by atoms with Crippen LogP contribution in [0, 0.1) is 5.92 Å². The zero-order chi connectivity index (χ0) is 14.8. The van der Waals surface area contributed by atoms with E-state index in [-0.39, 0.29) is 5.69 Å². The summed E-state index contributed by atoms with van der Waals surface area (Å²) in [6, 6.07) is 1.39. The van der Waals surface area contributed by atoms with Gasteiger partial charge in [0.1, 0.15) is 23.7 Å². The van der Waals surface area contributed by atoms with Crippen LogP contribution in [0.2, 0.25) is 0 Å². The first kappa shape index (κ1) is 14.2. The molecule has 0 saturated carbocycles. The van der Waals surface area contributed by atoms with Crippen LogP contribution in [0.25, 0.3) is 0 Å². The number of aliphatic imine (C=N–C) groups is 1. The number of nitrogens with zero attached hydrogens (tertiary/aromatic N) is 5. The van der Waals surface area contributed by atoms with Gasteiger partial charge in [0.2, 0.25) is 0 Å². The number of halogens is 2. The lowest BCUT2D eigenvalue weighted by Gasteiger charge is -2.34. The normalized spacial score (nSPS) is 20.3. The first-order valence-corrected chi connectivity index (χ1v) is 7.25. The maximum atomic E-state index is 12.7. The summed E-state index contributed by atoms with van der Waals surface area (Å²) in [4.78, 5) is 16.6. The van der Waals surface area contributed by atoms with E-state index in [1.165, 1.54) is 18.2 Å². The largest absolute Gasteiger partial charge is 0.361 e. The molecule has 0 aromatic carbocycles. The summed E-state index contributed by atoms with van der Waals surface area (Å²) in [5.41, 5.74) is -0.206. The molecule has 0 aliphatic carbocycles. The zero-order valence-electron chi connectivity index (χ0n) is 12.0. The van der Waals surface area contributed by atoms with Gasteiger partial charge in [-0.05, 0) is 12.8 Å². The lowest BCUT2D eigenvalue weighted by molar-refractivity contribution is 0.146. The fourth-order valence-electron chi connectivity index (χ4n) is 3.01. The van der Waals surface area contributed by atoms with Gasteiger partial charge in [0.25, 0.3) is 6.43 Å². The van der Waals surface area contributed by atoms with E-state index in [4.69, 9.17) is 0 Å². The van der Waals surface area contributed by atoms with E-state index in [0.29, 0.717) is 11.7 Å². The first-order valence-electron chi connectivity index (χ1n) is 7.25. The standard InChI is InChI=1S/C14H19F2N5/c1-20-7-4-17-14(20)10-2-5-21(6-3-10)12-8-11(13(15)16)18-9-19-12/h8-10,13H,2-7H2,1H3. The number of hydrogen-bond donors (Lipinski definition) is 0. The van der Waals surface area contributed by atoms with E-state index >= 15 is 0 Å². The van der Waals surface area contributed by atoms with Crippen molar-refractivity contribution in [3.8, 4) is 0 Å². The molecule has 114 valence electrons. The third kappa shape index (κ3) is 2.96. The summed E-state index contributed by atoms with van der Waals surface area (Å²) in [5, 5.41) is 0. The molecule has 3 heterocycles. The zero-order valence-corrected chi connectivity index (χ0v) is 12.0. The average molecular weight is 295 g/mol. The van der Waals surface area contributed by atoms with Crippen LogP contribution < -0.4 is 4.90 Å². The van der Waals surface area contributed by atoms with Gasteiger partial charge in [-0.25, -0.2) is 18.7 Å². The molecule has 2 aliphatic rings. The topological polar surface area (TPSA) is 44.6 Å². The summed E-state index contributed by atoms with van der Waals surface area (Å²) in [5.74, 6) is 2.27. The molecule has 1 aromatic rings. The molecule has 0 amide bonds. The van der Waals surface area contributed by atoms with Crippen LogP contribution in [-0.2, 0) is 0 Å². The van der Waals surface area contributed by atoms with Gasteiger partial charge in [-0.15, -0.1) is 0 Å². The van der Waals surface area contributed by atoms with Gasteiger partial charge in [-0.2, -0.15) is 0 Å². The van der Waals surface area contributed by atoms with Crippen LogP contribution in [0.1, 0.15) is 25.0 Å². The summed E-state index contributed by atoms with van der Waals surface area (Å²) in [6.45, 7) is 3.52. The van der Waals surface area contributed by atoms with Crippen molar-refractivity contribution in [2.45, 2.75) is 19.3 Å². The molecule has 0 unspecified atom stereocenters. The Kier molecular flexibility index (Phi) is 3.98. The number of amidine groups is 1. The van der Waals surface area contributed by atoms with Gasteiger partial charge in [0, 0.05) is 38.7 Å². The minimum atomic E-state index is -2.55. The van der Waals surface area contributed by atoms with Crippen LogP contribution in [0.15, 0.2) is 17.4 Å². The second-order valence-electron chi connectivity index (χ2n) is 5.52. The van der Waals surface area contributed by atoms with Gasteiger partial charge >= 0.3 is 0 Å². The van der Waals surface area contributed by atoms with Crippen molar-refractivity contribution in [1.29, 1.82) is 0 Å². The maximum absolute atomic E-state index is 12.7. The monoisotopic (exact) mass is 295 g/mol. The minimum Gasteiger partial charge on any atom is -0.361 e. The van der Waals surface area contributed by atoms with Gasteiger partial charge in [0.15, 0.2) is 0 Å². The van der Waals surface area contributed by atoms with E-state index in [9.17, 15) is 8.78 Å². The molecule has 3 rings (SSSR count). The Morgan fingerprint density at radius 2 is 1.95 bits per heavy atom.